The molecule has 0 aromatic rings. The van der Waals surface area contributed by atoms with E-state index in [1.807, 2.05) is 6.08 Å². The van der Waals surface area contributed by atoms with E-state index in [0.717, 1.165) is 64.2 Å². The van der Waals surface area contributed by atoms with E-state index in [1.165, 1.54) is 167 Å². The van der Waals surface area contributed by atoms with Gasteiger partial charge in [0.25, 0.3) is 0 Å². The quantitative estimate of drug-likeness (QED) is 0.0196. The Morgan fingerprint density at radius 1 is 0.537 bits per heavy atom. The van der Waals surface area contributed by atoms with Crippen LogP contribution in [0.4, 0.5) is 0 Å². The number of carbonyl (C=O) groups is 2. The Morgan fingerprint density at radius 2 is 0.970 bits per heavy atom. The van der Waals surface area contributed by atoms with Crippen LogP contribution in [0.3, 0.4) is 0 Å². The van der Waals surface area contributed by atoms with E-state index in [9.17, 15) is 35.1 Å². The summed E-state index contributed by atoms with van der Waals surface area (Å²) in [4.78, 5) is 25.0. The van der Waals surface area contributed by atoms with Crippen LogP contribution in [0.1, 0.15) is 258 Å². The average Bonchev–Trinajstić information content (AvgIpc) is 3.32. The zero-order valence-electron chi connectivity index (χ0n) is 43.1. The Balaban J connectivity index is 2.05. The number of amides is 1. The molecule has 7 unspecified atom stereocenters. The normalized spacial score (nSPS) is 19.7. The first kappa shape index (κ1) is 63.2. The minimum atomic E-state index is -1.57. The van der Waals surface area contributed by atoms with Crippen molar-refractivity contribution in [1.82, 2.24) is 5.32 Å². The number of carbonyl (C=O) groups excluding carboxylic acids is 2. The maximum Gasteiger partial charge on any atom is 0.305 e. The second-order valence-corrected chi connectivity index (χ2v) is 19.6. The molecule has 11 nitrogen and oxygen atoms in total. The van der Waals surface area contributed by atoms with Crippen LogP contribution in [-0.2, 0) is 23.8 Å². The first-order chi connectivity index (χ1) is 32.7. The third kappa shape index (κ3) is 36.7. The average molecular weight is 952 g/mol. The van der Waals surface area contributed by atoms with Crippen LogP contribution in [0.15, 0.2) is 24.3 Å². The molecule has 0 aromatic carbocycles. The number of aliphatic hydroxyl groups is 5. The zero-order chi connectivity index (χ0) is 48.8. The van der Waals surface area contributed by atoms with E-state index < -0.39 is 49.5 Å². The second-order valence-electron chi connectivity index (χ2n) is 19.6. The molecule has 1 heterocycles. The first-order valence-corrected chi connectivity index (χ1v) is 28.1. The zero-order valence-corrected chi connectivity index (χ0v) is 43.1. The van der Waals surface area contributed by atoms with Crippen molar-refractivity contribution in [1.29, 1.82) is 0 Å². The number of nitrogens with one attached hydrogen (secondary N) is 1. The van der Waals surface area contributed by atoms with E-state index in [1.54, 1.807) is 6.08 Å². The maximum absolute atomic E-state index is 13.0. The van der Waals surface area contributed by atoms with Crippen molar-refractivity contribution in [3.63, 3.8) is 0 Å². The third-order valence-electron chi connectivity index (χ3n) is 13.3. The van der Waals surface area contributed by atoms with Gasteiger partial charge in [-0.3, -0.25) is 9.59 Å². The maximum atomic E-state index is 13.0. The molecule has 1 rings (SSSR count). The number of aliphatic hydroxyl groups excluding tert-OH is 5. The Bertz CT molecular complexity index is 1170. The fraction of sp³-hybridized carbons (Fsp3) is 0.893. The number of esters is 1. The highest BCUT2D eigenvalue weighted by atomic mass is 16.7. The van der Waals surface area contributed by atoms with Gasteiger partial charge in [-0.15, -0.1) is 0 Å². The van der Waals surface area contributed by atoms with Gasteiger partial charge in [-0.25, -0.2) is 0 Å². The van der Waals surface area contributed by atoms with Crippen molar-refractivity contribution in [3.05, 3.63) is 24.3 Å². The molecule has 0 radical (unpaired) electrons. The summed E-state index contributed by atoms with van der Waals surface area (Å²) < 4.78 is 16.6. The fourth-order valence-corrected chi connectivity index (χ4v) is 8.77. The summed E-state index contributed by atoms with van der Waals surface area (Å²) in [5.74, 6) is -0.204. The highest BCUT2D eigenvalue weighted by Crippen LogP contribution is 2.23. The monoisotopic (exact) mass is 952 g/mol. The fourth-order valence-electron chi connectivity index (χ4n) is 8.77. The summed E-state index contributed by atoms with van der Waals surface area (Å²) in [5.41, 5.74) is 0. The molecule has 7 atom stereocenters. The van der Waals surface area contributed by atoms with Crippen LogP contribution in [-0.4, -0.2) is 100 Å². The van der Waals surface area contributed by atoms with E-state index in [0.29, 0.717) is 19.4 Å². The molecule has 1 aliphatic rings. The molecular weight excluding hydrogens is 847 g/mol. The molecule has 1 aliphatic heterocycles. The van der Waals surface area contributed by atoms with E-state index in [4.69, 9.17) is 14.2 Å². The van der Waals surface area contributed by atoms with E-state index in [-0.39, 0.29) is 18.5 Å². The minimum absolute atomic E-state index is 0.0172. The van der Waals surface area contributed by atoms with Crippen molar-refractivity contribution < 1.29 is 49.3 Å². The molecule has 67 heavy (non-hydrogen) atoms. The SMILES string of the molecule is CCCC/C=C\CCCCCCCC(=O)OCCCCCCCCCCCCCCCCCCCCCC(=O)NC(COC1OC(CO)C(O)C(O)C1O)C(O)/C=C/CCCCCCCCC. The molecule has 0 aliphatic carbocycles. The summed E-state index contributed by atoms with van der Waals surface area (Å²) in [6.45, 7) is 4.26. The Labute approximate surface area is 410 Å². The van der Waals surface area contributed by atoms with Crippen LogP contribution < -0.4 is 5.32 Å². The Morgan fingerprint density at radius 3 is 1.48 bits per heavy atom. The molecule has 6 N–H and O–H groups in total. The van der Waals surface area contributed by atoms with Crippen LogP contribution >= 0.6 is 0 Å². The molecule has 11 heteroatoms. The van der Waals surface area contributed by atoms with Gasteiger partial charge in [0.05, 0.1) is 32.0 Å². The molecular formula is C56H105NO10. The summed E-state index contributed by atoms with van der Waals surface area (Å²) in [5, 5.41) is 54.1. The smallest absolute Gasteiger partial charge is 0.305 e. The van der Waals surface area contributed by atoms with E-state index >= 15 is 0 Å². The third-order valence-corrected chi connectivity index (χ3v) is 13.3. The minimum Gasteiger partial charge on any atom is -0.466 e. The van der Waals surface area contributed by atoms with Gasteiger partial charge in [-0.05, 0) is 51.4 Å². The van der Waals surface area contributed by atoms with Gasteiger partial charge in [0.15, 0.2) is 6.29 Å². The molecule has 1 saturated heterocycles. The summed E-state index contributed by atoms with van der Waals surface area (Å²) >= 11 is 0. The Kier molecular flexibility index (Phi) is 43.8. The summed E-state index contributed by atoms with van der Waals surface area (Å²) in [6, 6.07) is -0.810. The van der Waals surface area contributed by atoms with Crippen LogP contribution in [0.5, 0.6) is 0 Å². The molecule has 0 spiro atoms. The lowest BCUT2D eigenvalue weighted by molar-refractivity contribution is -0.302. The predicted molar refractivity (Wildman–Crippen MR) is 274 cm³/mol. The Hall–Kier alpha value is -1.86. The van der Waals surface area contributed by atoms with Crippen LogP contribution in [0.25, 0.3) is 0 Å². The van der Waals surface area contributed by atoms with Gasteiger partial charge in [0.1, 0.15) is 24.4 Å². The topological polar surface area (TPSA) is 175 Å². The predicted octanol–water partition coefficient (Wildman–Crippen LogP) is 12.2. The number of hydrogen-bond donors (Lipinski definition) is 6. The highest BCUT2D eigenvalue weighted by molar-refractivity contribution is 5.76. The van der Waals surface area contributed by atoms with Gasteiger partial charge in [0, 0.05) is 12.8 Å². The molecule has 1 amide bonds. The van der Waals surface area contributed by atoms with Crippen molar-refractivity contribution >= 4 is 11.9 Å². The number of ether oxygens (including phenoxy) is 3. The lowest BCUT2D eigenvalue weighted by atomic mass is 9.99. The molecule has 394 valence electrons. The lowest BCUT2D eigenvalue weighted by Crippen LogP contribution is -2.60. The molecule has 0 aromatic heterocycles. The standard InChI is InChI=1S/C56H105NO10/c1-3-5-7-9-11-13-23-28-32-36-40-44-52(61)65-45-41-37-33-29-25-22-20-18-16-14-15-17-19-21-24-27-31-35-39-43-51(60)57-48(49(59)42-38-34-30-26-12-10-8-6-4-2)47-66-56-55(64)54(63)53(62)50(46-58)67-56/h9,11,38,42,48-50,53-56,58-59,62-64H,3-8,10,12-37,39-41,43-47H2,1-2H3,(H,57,60)/b11-9-,42-38+. The number of hydrogen-bond acceptors (Lipinski definition) is 10. The van der Waals surface area contributed by atoms with Crippen molar-refractivity contribution in [2.75, 3.05) is 19.8 Å². The van der Waals surface area contributed by atoms with E-state index in [2.05, 4.69) is 31.3 Å². The van der Waals surface area contributed by atoms with Crippen LogP contribution in [0.2, 0.25) is 0 Å². The first-order valence-electron chi connectivity index (χ1n) is 28.1. The molecule has 0 saturated carbocycles. The van der Waals surface area contributed by atoms with Crippen molar-refractivity contribution in [3.8, 4) is 0 Å². The van der Waals surface area contributed by atoms with Gasteiger partial charge in [-0.1, -0.05) is 218 Å². The van der Waals surface area contributed by atoms with Gasteiger partial charge in [-0.2, -0.15) is 0 Å². The molecule has 1 fully saturated rings. The van der Waals surface area contributed by atoms with Gasteiger partial charge in [0.2, 0.25) is 5.91 Å². The second kappa shape index (κ2) is 46.5. The van der Waals surface area contributed by atoms with Crippen molar-refractivity contribution in [2.45, 2.75) is 301 Å². The summed E-state index contributed by atoms with van der Waals surface area (Å²) in [7, 11) is 0. The number of rotatable bonds is 48. The number of allylic oxidation sites excluding steroid dienone is 3. The van der Waals surface area contributed by atoms with Crippen LogP contribution in [0, 0.1) is 0 Å². The largest absolute Gasteiger partial charge is 0.466 e. The van der Waals surface area contributed by atoms with Crippen molar-refractivity contribution in [2.24, 2.45) is 0 Å². The van der Waals surface area contributed by atoms with Gasteiger partial charge < -0.3 is 45.1 Å². The number of unbranched alkanes of at least 4 members (excludes halogenated alkanes) is 32. The van der Waals surface area contributed by atoms with Gasteiger partial charge >= 0.3 is 5.97 Å². The highest BCUT2D eigenvalue weighted by Gasteiger charge is 2.44. The summed E-state index contributed by atoms with van der Waals surface area (Å²) in [6.07, 6.45) is 44.2. The molecule has 0 bridgehead atoms. The lowest BCUT2D eigenvalue weighted by Gasteiger charge is -2.40.